The first-order valence-corrected chi connectivity index (χ1v) is 8.72. The summed E-state index contributed by atoms with van der Waals surface area (Å²) in [6, 6.07) is 6.43. The van der Waals surface area contributed by atoms with Crippen molar-refractivity contribution >= 4 is 41.5 Å². The summed E-state index contributed by atoms with van der Waals surface area (Å²) in [5.74, 6) is 0.857. The molecule has 1 saturated carbocycles. The standard InChI is InChI=1S/C18H26N4O2.HI/c1-2-19-17(22-11-10-18(13-22)8-3-9-18)20-12-16(24)21-14-4-6-15(23)7-5-14;/h4-7,23H,2-3,8-13H2,1H3,(H,19,20)(H,21,24);1H. The third kappa shape index (κ3) is 4.99. The topological polar surface area (TPSA) is 77.0 Å². The Labute approximate surface area is 166 Å². The van der Waals surface area contributed by atoms with Gasteiger partial charge in [0.2, 0.25) is 5.91 Å². The Morgan fingerprint density at radius 3 is 2.56 bits per heavy atom. The summed E-state index contributed by atoms with van der Waals surface area (Å²) in [5.41, 5.74) is 1.16. The lowest BCUT2D eigenvalue weighted by atomic mass is 9.68. The molecular weight excluding hydrogens is 431 g/mol. The molecule has 1 spiro atoms. The number of guanidine groups is 1. The maximum absolute atomic E-state index is 12.1. The van der Waals surface area contributed by atoms with Gasteiger partial charge in [0.05, 0.1) is 0 Å². The zero-order valence-corrected chi connectivity index (χ0v) is 17.0. The predicted molar refractivity (Wildman–Crippen MR) is 111 cm³/mol. The Morgan fingerprint density at radius 2 is 2.00 bits per heavy atom. The van der Waals surface area contributed by atoms with Gasteiger partial charge < -0.3 is 20.6 Å². The van der Waals surface area contributed by atoms with E-state index in [9.17, 15) is 9.90 Å². The van der Waals surface area contributed by atoms with Gasteiger partial charge in [0.15, 0.2) is 5.96 Å². The molecule has 2 fully saturated rings. The molecule has 2 aliphatic rings. The number of halogens is 1. The molecule has 0 bridgehead atoms. The molecule has 7 heteroatoms. The molecule has 1 heterocycles. The number of aliphatic imine (C=N–C) groups is 1. The highest BCUT2D eigenvalue weighted by Crippen LogP contribution is 2.47. The molecule has 0 unspecified atom stereocenters. The van der Waals surface area contributed by atoms with Crippen LogP contribution in [0, 0.1) is 5.41 Å². The van der Waals surface area contributed by atoms with Gasteiger partial charge in [-0.3, -0.25) is 4.79 Å². The first-order chi connectivity index (χ1) is 11.6. The van der Waals surface area contributed by atoms with E-state index in [-0.39, 0.29) is 42.2 Å². The summed E-state index contributed by atoms with van der Waals surface area (Å²) in [7, 11) is 0. The number of carbonyl (C=O) groups is 1. The average Bonchev–Trinajstić information content (AvgIpc) is 2.99. The number of aromatic hydroxyl groups is 1. The molecule has 6 nitrogen and oxygen atoms in total. The van der Waals surface area contributed by atoms with Crippen LogP contribution in [0.5, 0.6) is 5.75 Å². The molecule has 1 aromatic carbocycles. The second-order valence-corrected chi connectivity index (χ2v) is 6.79. The quantitative estimate of drug-likeness (QED) is 0.281. The van der Waals surface area contributed by atoms with Crippen LogP contribution in [0.3, 0.4) is 0 Å². The summed E-state index contributed by atoms with van der Waals surface area (Å²) < 4.78 is 0. The van der Waals surface area contributed by atoms with Gasteiger partial charge in [-0.15, -0.1) is 24.0 Å². The number of nitrogens with one attached hydrogen (secondary N) is 2. The number of benzene rings is 1. The number of nitrogens with zero attached hydrogens (tertiary/aromatic N) is 2. The lowest BCUT2D eigenvalue weighted by molar-refractivity contribution is -0.114. The summed E-state index contributed by atoms with van der Waals surface area (Å²) in [5, 5.41) is 15.4. The molecule has 1 saturated heterocycles. The van der Waals surface area contributed by atoms with Crippen LogP contribution in [0.2, 0.25) is 0 Å². The van der Waals surface area contributed by atoms with Crippen LogP contribution in [0.4, 0.5) is 5.69 Å². The molecule has 138 valence electrons. The van der Waals surface area contributed by atoms with Crippen molar-refractivity contribution in [2.24, 2.45) is 10.4 Å². The van der Waals surface area contributed by atoms with Gasteiger partial charge in [-0.05, 0) is 55.9 Å². The number of anilines is 1. The Hall–Kier alpha value is -1.51. The zero-order chi connectivity index (χ0) is 17.0. The first-order valence-electron chi connectivity index (χ1n) is 8.72. The van der Waals surface area contributed by atoms with Crippen molar-refractivity contribution in [3.8, 4) is 5.75 Å². The van der Waals surface area contributed by atoms with E-state index in [0.717, 1.165) is 25.6 Å². The summed E-state index contributed by atoms with van der Waals surface area (Å²) in [6.07, 6.45) is 5.22. The lowest BCUT2D eigenvalue weighted by Crippen LogP contribution is -2.43. The average molecular weight is 458 g/mol. The van der Waals surface area contributed by atoms with E-state index >= 15 is 0 Å². The Bertz CT molecular complexity index is 614. The number of rotatable bonds is 4. The van der Waals surface area contributed by atoms with Crippen LogP contribution in [0.15, 0.2) is 29.3 Å². The summed E-state index contributed by atoms with van der Waals surface area (Å²) in [6.45, 7) is 5.00. The van der Waals surface area contributed by atoms with Gasteiger partial charge in [-0.25, -0.2) is 4.99 Å². The molecule has 1 aliphatic carbocycles. The highest BCUT2D eigenvalue weighted by Gasteiger charge is 2.43. The van der Waals surface area contributed by atoms with Gasteiger partial charge in [0.25, 0.3) is 0 Å². The number of amides is 1. The first kappa shape index (κ1) is 19.8. The third-order valence-corrected chi connectivity index (χ3v) is 5.01. The molecule has 3 rings (SSSR count). The fourth-order valence-corrected chi connectivity index (χ4v) is 3.52. The summed E-state index contributed by atoms with van der Waals surface area (Å²) in [4.78, 5) is 18.9. The second kappa shape index (κ2) is 8.73. The van der Waals surface area contributed by atoms with E-state index in [2.05, 4.69) is 20.5 Å². The van der Waals surface area contributed by atoms with E-state index in [1.807, 2.05) is 6.92 Å². The normalized spacial score (nSPS) is 18.4. The minimum Gasteiger partial charge on any atom is -0.508 e. The largest absolute Gasteiger partial charge is 0.508 e. The van der Waals surface area contributed by atoms with Gasteiger partial charge in [0.1, 0.15) is 12.3 Å². The van der Waals surface area contributed by atoms with Crippen molar-refractivity contribution in [3.05, 3.63) is 24.3 Å². The van der Waals surface area contributed by atoms with Crippen LogP contribution in [-0.4, -0.2) is 48.1 Å². The van der Waals surface area contributed by atoms with Crippen molar-refractivity contribution in [1.82, 2.24) is 10.2 Å². The Morgan fingerprint density at radius 1 is 1.28 bits per heavy atom. The molecule has 0 aromatic heterocycles. The number of hydrogen-bond donors (Lipinski definition) is 3. The van der Waals surface area contributed by atoms with E-state index in [0.29, 0.717) is 11.1 Å². The van der Waals surface area contributed by atoms with E-state index < -0.39 is 0 Å². The number of hydrogen-bond acceptors (Lipinski definition) is 3. The molecule has 25 heavy (non-hydrogen) atoms. The Balaban J connectivity index is 0.00000225. The Kier molecular flexibility index (Phi) is 6.92. The number of phenolic OH excluding ortho intramolecular Hbond substituents is 1. The molecule has 0 atom stereocenters. The van der Waals surface area contributed by atoms with Gasteiger partial charge >= 0.3 is 0 Å². The highest BCUT2D eigenvalue weighted by molar-refractivity contribution is 14.0. The van der Waals surface area contributed by atoms with Crippen molar-refractivity contribution < 1.29 is 9.90 Å². The van der Waals surface area contributed by atoms with Crippen LogP contribution in [-0.2, 0) is 4.79 Å². The van der Waals surface area contributed by atoms with E-state index in [1.165, 1.54) is 25.7 Å². The fourth-order valence-electron chi connectivity index (χ4n) is 3.52. The monoisotopic (exact) mass is 458 g/mol. The zero-order valence-electron chi connectivity index (χ0n) is 14.6. The lowest BCUT2D eigenvalue weighted by Gasteiger charge is -2.38. The minimum atomic E-state index is -0.159. The van der Waals surface area contributed by atoms with E-state index in [1.54, 1.807) is 24.3 Å². The van der Waals surface area contributed by atoms with Crippen LogP contribution in [0.1, 0.15) is 32.6 Å². The third-order valence-electron chi connectivity index (χ3n) is 5.01. The molecule has 3 N–H and O–H groups in total. The molecule has 1 aromatic rings. The van der Waals surface area contributed by atoms with Gasteiger partial charge in [-0.1, -0.05) is 6.42 Å². The van der Waals surface area contributed by atoms with Crippen molar-refractivity contribution in [3.63, 3.8) is 0 Å². The van der Waals surface area contributed by atoms with Crippen molar-refractivity contribution in [2.75, 3.05) is 31.5 Å². The second-order valence-electron chi connectivity index (χ2n) is 6.79. The van der Waals surface area contributed by atoms with Gasteiger partial charge in [0, 0.05) is 25.3 Å². The van der Waals surface area contributed by atoms with Crippen molar-refractivity contribution in [2.45, 2.75) is 32.6 Å². The highest BCUT2D eigenvalue weighted by atomic mass is 127. The maximum atomic E-state index is 12.1. The predicted octanol–water partition coefficient (Wildman–Crippen LogP) is 2.79. The minimum absolute atomic E-state index is 0. The number of carbonyl (C=O) groups excluding carboxylic acids is 1. The van der Waals surface area contributed by atoms with E-state index in [4.69, 9.17) is 0 Å². The maximum Gasteiger partial charge on any atom is 0.246 e. The molecule has 1 amide bonds. The number of likely N-dealkylation sites (tertiary alicyclic amines) is 1. The molecule has 1 aliphatic heterocycles. The smallest absolute Gasteiger partial charge is 0.246 e. The SMILES string of the molecule is CCNC(=NCC(=O)Nc1ccc(O)cc1)N1CCC2(CCC2)C1.I. The summed E-state index contributed by atoms with van der Waals surface area (Å²) >= 11 is 0. The number of phenols is 1. The van der Waals surface area contributed by atoms with Crippen LogP contribution >= 0.6 is 24.0 Å². The van der Waals surface area contributed by atoms with Crippen molar-refractivity contribution in [1.29, 1.82) is 0 Å². The molecule has 0 radical (unpaired) electrons. The van der Waals surface area contributed by atoms with Gasteiger partial charge in [-0.2, -0.15) is 0 Å². The fraction of sp³-hybridized carbons (Fsp3) is 0.556. The molecular formula is C18H27IN4O2. The van der Waals surface area contributed by atoms with Crippen LogP contribution < -0.4 is 10.6 Å². The van der Waals surface area contributed by atoms with Crippen LogP contribution in [0.25, 0.3) is 0 Å².